The molecular weight excluding hydrogens is 400 g/mol. The maximum atomic E-state index is 13.4. The first kappa shape index (κ1) is 14.5. The molecular formula is C13H7Br2ClFNO. The van der Waals surface area contributed by atoms with Crippen molar-refractivity contribution in [3.8, 4) is 0 Å². The summed E-state index contributed by atoms with van der Waals surface area (Å²) in [5, 5.41) is 3.23. The van der Waals surface area contributed by atoms with Crippen LogP contribution in [0.3, 0.4) is 0 Å². The molecule has 0 aromatic heterocycles. The lowest BCUT2D eigenvalue weighted by Crippen LogP contribution is -2.12. The van der Waals surface area contributed by atoms with Gasteiger partial charge in [-0.3, -0.25) is 4.79 Å². The SMILES string of the molecule is O=C(Nc1ccc(Cl)cc1Br)c1ccc(Br)c(F)c1. The molecule has 2 rings (SSSR count). The van der Waals surface area contributed by atoms with Gasteiger partial charge in [-0.15, -0.1) is 0 Å². The molecule has 0 atom stereocenters. The van der Waals surface area contributed by atoms with Crippen LogP contribution in [0.2, 0.25) is 5.02 Å². The molecule has 0 fully saturated rings. The van der Waals surface area contributed by atoms with Crippen LogP contribution >= 0.6 is 43.5 Å². The standard InChI is InChI=1S/C13H7Br2ClFNO/c14-9-3-1-7(5-11(9)17)13(19)18-12-4-2-8(16)6-10(12)15/h1-6H,(H,18,19). The molecule has 1 N–H and O–H groups in total. The Morgan fingerprint density at radius 3 is 2.47 bits per heavy atom. The van der Waals surface area contributed by atoms with Gasteiger partial charge in [0, 0.05) is 15.1 Å². The highest BCUT2D eigenvalue weighted by Crippen LogP contribution is 2.26. The molecule has 0 saturated heterocycles. The van der Waals surface area contributed by atoms with Crippen molar-refractivity contribution in [3.63, 3.8) is 0 Å². The normalized spacial score (nSPS) is 10.3. The van der Waals surface area contributed by atoms with E-state index in [4.69, 9.17) is 11.6 Å². The molecule has 2 aromatic rings. The Morgan fingerprint density at radius 1 is 1.11 bits per heavy atom. The monoisotopic (exact) mass is 405 g/mol. The highest BCUT2D eigenvalue weighted by molar-refractivity contribution is 9.10. The first-order chi connectivity index (χ1) is 8.97. The van der Waals surface area contributed by atoms with Gasteiger partial charge in [0.2, 0.25) is 0 Å². The lowest BCUT2D eigenvalue weighted by atomic mass is 10.2. The van der Waals surface area contributed by atoms with Crippen LogP contribution in [-0.4, -0.2) is 5.91 Å². The van der Waals surface area contributed by atoms with Crippen molar-refractivity contribution in [1.29, 1.82) is 0 Å². The molecule has 0 spiro atoms. The van der Waals surface area contributed by atoms with E-state index in [9.17, 15) is 9.18 Å². The van der Waals surface area contributed by atoms with Gasteiger partial charge in [0.05, 0.1) is 10.2 Å². The fraction of sp³-hybridized carbons (Fsp3) is 0. The van der Waals surface area contributed by atoms with Gasteiger partial charge in [-0.05, 0) is 68.3 Å². The Hall–Kier alpha value is -0.910. The first-order valence-corrected chi connectivity index (χ1v) is 7.15. The van der Waals surface area contributed by atoms with Crippen LogP contribution in [0.25, 0.3) is 0 Å². The van der Waals surface area contributed by atoms with Crippen molar-refractivity contribution in [2.45, 2.75) is 0 Å². The van der Waals surface area contributed by atoms with E-state index in [1.54, 1.807) is 18.2 Å². The molecule has 0 heterocycles. The number of halogens is 4. The smallest absolute Gasteiger partial charge is 0.255 e. The number of benzene rings is 2. The fourth-order valence-corrected chi connectivity index (χ4v) is 2.45. The van der Waals surface area contributed by atoms with Gasteiger partial charge >= 0.3 is 0 Å². The molecule has 0 aliphatic heterocycles. The molecule has 6 heteroatoms. The van der Waals surface area contributed by atoms with Crippen molar-refractivity contribution in [2.24, 2.45) is 0 Å². The van der Waals surface area contributed by atoms with Gasteiger partial charge in [-0.2, -0.15) is 0 Å². The zero-order valence-corrected chi connectivity index (χ0v) is 13.3. The minimum atomic E-state index is -0.483. The van der Waals surface area contributed by atoms with Crippen molar-refractivity contribution in [1.82, 2.24) is 0 Å². The summed E-state index contributed by atoms with van der Waals surface area (Å²) < 4.78 is 14.3. The fourth-order valence-electron chi connectivity index (χ4n) is 1.42. The molecule has 1 amide bonds. The second kappa shape index (κ2) is 6.03. The first-order valence-electron chi connectivity index (χ1n) is 5.19. The van der Waals surface area contributed by atoms with Gasteiger partial charge in [0.15, 0.2) is 0 Å². The molecule has 0 saturated carbocycles. The van der Waals surface area contributed by atoms with Crippen LogP contribution in [0, 0.1) is 5.82 Å². The summed E-state index contributed by atoms with van der Waals surface area (Å²) >= 11 is 12.1. The van der Waals surface area contributed by atoms with Crippen molar-refractivity contribution >= 4 is 55.1 Å². The second-order valence-corrected chi connectivity index (χ2v) is 5.85. The van der Waals surface area contributed by atoms with Crippen molar-refractivity contribution in [2.75, 3.05) is 5.32 Å². The number of amides is 1. The predicted molar refractivity (Wildman–Crippen MR) is 81.2 cm³/mol. The number of hydrogen-bond donors (Lipinski definition) is 1. The highest BCUT2D eigenvalue weighted by atomic mass is 79.9. The number of nitrogens with one attached hydrogen (secondary N) is 1. The third-order valence-electron chi connectivity index (χ3n) is 2.36. The van der Waals surface area contributed by atoms with Gasteiger partial charge in [0.25, 0.3) is 5.91 Å². The van der Waals surface area contributed by atoms with E-state index < -0.39 is 11.7 Å². The summed E-state index contributed by atoms with van der Waals surface area (Å²) in [6.45, 7) is 0. The maximum absolute atomic E-state index is 13.4. The number of anilines is 1. The average molecular weight is 407 g/mol. The number of hydrogen-bond acceptors (Lipinski definition) is 1. The molecule has 2 nitrogen and oxygen atoms in total. The second-order valence-electron chi connectivity index (χ2n) is 3.71. The van der Waals surface area contributed by atoms with Gasteiger partial charge in [-0.25, -0.2) is 4.39 Å². The van der Waals surface area contributed by atoms with Gasteiger partial charge in [-0.1, -0.05) is 11.6 Å². The predicted octanol–water partition coefficient (Wildman–Crippen LogP) is 5.26. The molecule has 0 bridgehead atoms. The van der Waals surface area contributed by atoms with E-state index in [0.29, 0.717) is 19.7 Å². The summed E-state index contributed by atoms with van der Waals surface area (Å²) in [7, 11) is 0. The van der Waals surface area contributed by atoms with Crippen LogP contribution < -0.4 is 5.32 Å². The molecule has 0 aliphatic carbocycles. The van der Waals surface area contributed by atoms with Crippen molar-refractivity contribution in [3.05, 3.63) is 61.7 Å². The van der Waals surface area contributed by atoms with E-state index in [0.717, 1.165) is 0 Å². The van der Waals surface area contributed by atoms with E-state index in [2.05, 4.69) is 37.2 Å². The third-order valence-corrected chi connectivity index (χ3v) is 3.90. The lowest BCUT2D eigenvalue weighted by Gasteiger charge is -2.08. The Labute approximate surface area is 131 Å². The van der Waals surface area contributed by atoms with Crippen molar-refractivity contribution < 1.29 is 9.18 Å². The summed E-state index contributed by atoms with van der Waals surface area (Å²) in [4.78, 5) is 12.0. The number of carbonyl (C=O) groups is 1. The van der Waals surface area contributed by atoms with Gasteiger partial charge in [0.1, 0.15) is 5.82 Å². The topological polar surface area (TPSA) is 29.1 Å². The van der Waals surface area contributed by atoms with E-state index in [1.807, 2.05) is 0 Å². The zero-order valence-electron chi connectivity index (χ0n) is 9.38. The van der Waals surface area contributed by atoms with Crippen LogP contribution in [0.15, 0.2) is 45.3 Å². The molecule has 0 unspecified atom stereocenters. The van der Waals surface area contributed by atoms with Crippen LogP contribution in [0.4, 0.5) is 10.1 Å². The third kappa shape index (κ3) is 3.55. The molecule has 19 heavy (non-hydrogen) atoms. The highest BCUT2D eigenvalue weighted by Gasteiger charge is 2.10. The molecule has 98 valence electrons. The minimum absolute atomic E-state index is 0.238. The summed E-state index contributed by atoms with van der Waals surface area (Å²) in [5.74, 6) is -0.878. The molecule has 2 aromatic carbocycles. The Balaban J connectivity index is 2.23. The van der Waals surface area contributed by atoms with E-state index in [-0.39, 0.29) is 5.56 Å². The number of rotatable bonds is 2. The van der Waals surface area contributed by atoms with Crippen LogP contribution in [0.1, 0.15) is 10.4 Å². The van der Waals surface area contributed by atoms with E-state index >= 15 is 0 Å². The number of carbonyl (C=O) groups excluding carboxylic acids is 1. The van der Waals surface area contributed by atoms with Crippen LogP contribution in [-0.2, 0) is 0 Å². The Bertz CT molecular complexity index is 649. The Morgan fingerprint density at radius 2 is 1.84 bits per heavy atom. The van der Waals surface area contributed by atoms with Gasteiger partial charge < -0.3 is 5.32 Å². The summed E-state index contributed by atoms with van der Waals surface area (Å²) in [6, 6.07) is 9.18. The average Bonchev–Trinajstić information content (AvgIpc) is 2.36. The minimum Gasteiger partial charge on any atom is -0.321 e. The summed E-state index contributed by atoms with van der Waals surface area (Å²) in [5.41, 5.74) is 0.806. The van der Waals surface area contributed by atoms with Crippen LogP contribution in [0.5, 0.6) is 0 Å². The molecule has 0 radical (unpaired) electrons. The summed E-state index contributed by atoms with van der Waals surface area (Å²) in [6.07, 6.45) is 0. The largest absolute Gasteiger partial charge is 0.321 e. The maximum Gasteiger partial charge on any atom is 0.255 e. The lowest BCUT2D eigenvalue weighted by molar-refractivity contribution is 0.102. The Kier molecular flexibility index (Phi) is 4.60. The quantitative estimate of drug-likeness (QED) is 0.723. The zero-order chi connectivity index (χ0) is 14.0. The molecule has 0 aliphatic rings. The van der Waals surface area contributed by atoms with E-state index in [1.165, 1.54) is 18.2 Å².